The number of halogens is 2. The third-order valence-corrected chi connectivity index (χ3v) is 3.41. The molecule has 100 valence electrons. The Labute approximate surface area is 124 Å². The summed E-state index contributed by atoms with van der Waals surface area (Å²) < 4.78 is 0. The second-order valence-electron chi connectivity index (χ2n) is 4.03. The Kier molecular flexibility index (Phi) is 3.30. The SMILES string of the molecule is O=C(Nc1c(Cl)ncnc1Cl)c1cccc2[nH]ccc12. The van der Waals surface area contributed by atoms with Gasteiger partial charge in [-0.3, -0.25) is 4.79 Å². The lowest BCUT2D eigenvalue weighted by Crippen LogP contribution is -2.13. The number of hydrogen-bond acceptors (Lipinski definition) is 3. The molecule has 0 atom stereocenters. The van der Waals surface area contributed by atoms with E-state index in [1.165, 1.54) is 6.33 Å². The van der Waals surface area contributed by atoms with Gasteiger partial charge in [0.05, 0.1) is 0 Å². The zero-order valence-corrected chi connectivity index (χ0v) is 11.5. The van der Waals surface area contributed by atoms with Crippen molar-refractivity contribution in [2.24, 2.45) is 0 Å². The van der Waals surface area contributed by atoms with Crippen LogP contribution in [0.4, 0.5) is 5.69 Å². The minimum atomic E-state index is -0.325. The smallest absolute Gasteiger partial charge is 0.256 e. The second kappa shape index (κ2) is 5.11. The third kappa shape index (κ3) is 2.21. The summed E-state index contributed by atoms with van der Waals surface area (Å²) in [6, 6.07) is 7.22. The zero-order chi connectivity index (χ0) is 14.1. The highest BCUT2D eigenvalue weighted by atomic mass is 35.5. The lowest BCUT2D eigenvalue weighted by Gasteiger charge is -2.08. The molecule has 5 nitrogen and oxygen atoms in total. The fourth-order valence-electron chi connectivity index (χ4n) is 1.91. The van der Waals surface area contributed by atoms with Crippen molar-refractivity contribution in [3.8, 4) is 0 Å². The summed E-state index contributed by atoms with van der Waals surface area (Å²) in [7, 11) is 0. The van der Waals surface area contributed by atoms with Gasteiger partial charge in [0.15, 0.2) is 10.3 Å². The van der Waals surface area contributed by atoms with Crippen molar-refractivity contribution in [1.82, 2.24) is 15.0 Å². The van der Waals surface area contributed by atoms with E-state index >= 15 is 0 Å². The van der Waals surface area contributed by atoms with E-state index in [1.807, 2.05) is 12.1 Å². The number of H-pyrrole nitrogens is 1. The quantitative estimate of drug-likeness (QED) is 0.712. The largest absolute Gasteiger partial charge is 0.361 e. The molecule has 2 heterocycles. The van der Waals surface area contributed by atoms with Gasteiger partial charge in [-0.25, -0.2) is 9.97 Å². The van der Waals surface area contributed by atoms with Crippen LogP contribution in [0.15, 0.2) is 36.8 Å². The van der Waals surface area contributed by atoms with Crippen LogP contribution < -0.4 is 5.32 Å². The Morgan fingerprint density at radius 2 is 1.90 bits per heavy atom. The molecule has 0 aliphatic rings. The van der Waals surface area contributed by atoms with E-state index in [0.29, 0.717) is 5.56 Å². The minimum Gasteiger partial charge on any atom is -0.361 e. The summed E-state index contributed by atoms with van der Waals surface area (Å²) >= 11 is 11.8. The molecule has 2 N–H and O–H groups in total. The molecule has 7 heteroatoms. The number of amides is 1. The number of hydrogen-bond donors (Lipinski definition) is 2. The van der Waals surface area contributed by atoms with E-state index in [2.05, 4.69) is 20.3 Å². The number of fused-ring (bicyclic) bond motifs is 1. The maximum atomic E-state index is 12.3. The van der Waals surface area contributed by atoms with Crippen molar-refractivity contribution >= 4 is 45.7 Å². The van der Waals surface area contributed by atoms with Crippen molar-refractivity contribution < 1.29 is 4.79 Å². The van der Waals surface area contributed by atoms with Crippen LogP contribution >= 0.6 is 23.2 Å². The van der Waals surface area contributed by atoms with Crippen LogP contribution in [0.3, 0.4) is 0 Å². The molecule has 0 bridgehead atoms. The molecular weight excluding hydrogens is 299 g/mol. The van der Waals surface area contributed by atoms with E-state index in [0.717, 1.165) is 10.9 Å². The Morgan fingerprint density at radius 3 is 2.65 bits per heavy atom. The monoisotopic (exact) mass is 306 g/mol. The summed E-state index contributed by atoms with van der Waals surface area (Å²) in [4.78, 5) is 23.0. The summed E-state index contributed by atoms with van der Waals surface area (Å²) in [5.74, 6) is -0.325. The molecule has 0 radical (unpaired) electrons. The van der Waals surface area contributed by atoms with Gasteiger partial charge in [-0.15, -0.1) is 0 Å². The number of nitrogens with zero attached hydrogens (tertiary/aromatic N) is 2. The average molecular weight is 307 g/mol. The molecule has 1 aromatic carbocycles. The minimum absolute atomic E-state index is 0.0968. The van der Waals surface area contributed by atoms with Gasteiger partial charge >= 0.3 is 0 Å². The van der Waals surface area contributed by atoms with Gasteiger partial charge < -0.3 is 10.3 Å². The van der Waals surface area contributed by atoms with Crippen LogP contribution in [0, 0.1) is 0 Å². The van der Waals surface area contributed by atoms with E-state index in [1.54, 1.807) is 18.3 Å². The lowest BCUT2D eigenvalue weighted by atomic mass is 10.1. The standard InChI is InChI=1S/C13H8Cl2N4O/c14-11-10(12(15)18-6-17-11)19-13(20)8-2-1-3-9-7(8)4-5-16-9/h1-6,16H,(H,19,20). The summed E-state index contributed by atoms with van der Waals surface area (Å²) in [5, 5.41) is 3.64. The molecule has 0 fully saturated rings. The molecule has 3 aromatic rings. The highest BCUT2D eigenvalue weighted by Gasteiger charge is 2.15. The van der Waals surface area contributed by atoms with Gasteiger partial charge in [0, 0.05) is 22.7 Å². The van der Waals surface area contributed by atoms with Crippen LogP contribution in [-0.4, -0.2) is 20.9 Å². The highest BCUT2D eigenvalue weighted by Crippen LogP contribution is 2.27. The molecule has 0 aliphatic heterocycles. The first-order valence-electron chi connectivity index (χ1n) is 5.70. The van der Waals surface area contributed by atoms with E-state index < -0.39 is 0 Å². The number of anilines is 1. The van der Waals surface area contributed by atoms with Crippen molar-refractivity contribution in [3.05, 3.63) is 52.7 Å². The maximum Gasteiger partial charge on any atom is 0.256 e. The van der Waals surface area contributed by atoms with Crippen molar-refractivity contribution in [2.45, 2.75) is 0 Å². The van der Waals surface area contributed by atoms with Crippen LogP contribution in [0.5, 0.6) is 0 Å². The molecule has 0 aliphatic carbocycles. The second-order valence-corrected chi connectivity index (χ2v) is 4.74. The predicted molar refractivity (Wildman–Crippen MR) is 78.3 cm³/mol. The molecule has 0 unspecified atom stereocenters. The lowest BCUT2D eigenvalue weighted by molar-refractivity contribution is 0.102. The molecule has 0 spiro atoms. The predicted octanol–water partition coefficient (Wildman–Crippen LogP) is 3.52. The maximum absolute atomic E-state index is 12.3. The number of benzene rings is 1. The number of carbonyl (C=O) groups excluding carboxylic acids is 1. The van der Waals surface area contributed by atoms with Gasteiger partial charge in [0.1, 0.15) is 12.0 Å². The van der Waals surface area contributed by atoms with Crippen LogP contribution in [0.25, 0.3) is 10.9 Å². The van der Waals surface area contributed by atoms with E-state index in [4.69, 9.17) is 23.2 Å². The number of aromatic nitrogens is 3. The molecule has 2 aromatic heterocycles. The van der Waals surface area contributed by atoms with Gasteiger partial charge in [-0.2, -0.15) is 0 Å². The van der Waals surface area contributed by atoms with E-state index in [9.17, 15) is 4.79 Å². The summed E-state index contributed by atoms with van der Waals surface area (Å²) in [5.41, 5.74) is 1.59. The van der Waals surface area contributed by atoms with Crippen molar-refractivity contribution in [1.29, 1.82) is 0 Å². The first kappa shape index (κ1) is 12.9. The Balaban J connectivity index is 2.00. The molecule has 3 rings (SSSR count). The Hall–Kier alpha value is -2.11. The Morgan fingerprint density at radius 1 is 1.15 bits per heavy atom. The van der Waals surface area contributed by atoms with Gasteiger partial charge in [0.25, 0.3) is 5.91 Å². The fraction of sp³-hybridized carbons (Fsp3) is 0. The molecule has 0 saturated carbocycles. The van der Waals surface area contributed by atoms with Gasteiger partial charge in [-0.1, -0.05) is 29.3 Å². The van der Waals surface area contributed by atoms with Crippen LogP contribution in [0.1, 0.15) is 10.4 Å². The van der Waals surface area contributed by atoms with E-state index in [-0.39, 0.29) is 21.9 Å². The number of nitrogens with one attached hydrogen (secondary N) is 2. The fourth-order valence-corrected chi connectivity index (χ4v) is 2.32. The molecule has 0 saturated heterocycles. The van der Waals surface area contributed by atoms with Crippen LogP contribution in [0.2, 0.25) is 10.3 Å². The van der Waals surface area contributed by atoms with Gasteiger partial charge in [0.2, 0.25) is 0 Å². The van der Waals surface area contributed by atoms with Crippen molar-refractivity contribution in [2.75, 3.05) is 5.32 Å². The summed E-state index contributed by atoms with van der Waals surface area (Å²) in [6.07, 6.45) is 3.00. The summed E-state index contributed by atoms with van der Waals surface area (Å²) in [6.45, 7) is 0. The molecule has 20 heavy (non-hydrogen) atoms. The van der Waals surface area contributed by atoms with Crippen molar-refractivity contribution in [3.63, 3.8) is 0 Å². The zero-order valence-electron chi connectivity index (χ0n) is 10.0. The van der Waals surface area contributed by atoms with Crippen LogP contribution in [-0.2, 0) is 0 Å². The number of carbonyl (C=O) groups is 1. The molecule has 1 amide bonds. The third-order valence-electron chi connectivity index (χ3n) is 2.83. The molecular formula is C13H8Cl2N4O. The normalized spacial score (nSPS) is 10.7. The first-order chi connectivity index (χ1) is 9.66. The Bertz CT molecular complexity index is 780. The number of rotatable bonds is 2. The topological polar surface area (TPSA) is 70.7 Å². The van der Waals surface area contributed by atoms with Gasteiger partial charge in [-0.05, 0) is 18.2 Å². The first-order valence-corrected chi connectivity index (χ1v) is 6.46. The number of aromatic amines is 1. The highest BCUT2D eigenvalue weighted by molar-refractivity contribution is 6.38. The average Bonchev–Trinajstić information content (AvgIpc) is 2.91.